The summed E-state index contributed by atoms with van der Waals surface area (Å²) >= 11 is 0. The first-order valence-corrected chi connectivity index (χ1v) is 5.69. The summed E-state index contributed by atoms with van der Waals surface area (Å²) in [6.45, 7) is 4.62. The van der Waals surface area contributed by atoms with Gasteiger partial charge < -0.3 is 10.2 Å². The average Bonchev–Trinajstić information content (AvgIpc) is 2.25. The van der Waals surface area contributed by atoms with Crippen molar-refractivity contribution in [1.82, 2.24) is 0 Å². The van der Waals surface area contributed by atoms with Crippen molar-refractivity contribution in [2.24, 2.45) is 5.73 Å². The molecule has 1 aromatic rings. The molecule has 0 heterocycles. The van der Waals surface area contributed by atoms with Crippen molar-refractivity contribution in [3.63, 3.8) is 0 Å². The van der Waals surface area contributed by atoms with E-state index in [2.05, 4.69) is 52.0 Å². The van der Waals surface area contributed by atoms with E-state index in [0.717, 1.165) is 4.48 Å². The van der Waals surface area contributed by atoms with Crippen LogP contribution in [0.2, 0.25) is 0 Å². The molecule has 0 aliphatic rings. The minimum Gasteiger partial charge on any atom is -0.327 e. The number of nitrogens with zero attached hydrogens (tertiary/aromatic N) is 1. The Morgan fingerprint density at radius 1 is 1.25 bits per heavy atom. The molecule has 2 N–H and O–H groups in total. The molecule has 0 saturated heterocycles. The van der Waals surface area contributed by atoms with Crippen LogP contribution in [0, 0.1) is 0 Å². The Morgan fingerprint density at radius 3 is 2.19 bits per heavy atom. The molecule has 0 saturated carbocycles. The molecular weight excluding hydrogens is 196 g/mol. The van der Waals surface area contributed by atoms with Crippen molar-refractivity contribution >= 4 is 0 Å². The zero-order valence-electron chi connectivity index (χ0n) is 10.6. The molecule has 16 heavy (non-hydrogen) atoms. The van der Waals surface area contributed by atoms with E-state index in [-0.39, 0.29) is 0 Å². The third kappa shape index (κ3) is 2.94. The highest BCUT2D eigenvalue weighted by Gasteiger charge is 2.30. The van der Waals surface area contributed by atoms with Crippen LogP contribution in [0.15, 0.2) is 43.0 Å². The lowest BCUT2D eigenvalue weighted by Crippen LogP contribution is -2.52. The van der Waals surface area contributed by atoms with Crippen LogP contribution < -0.4 is 5.73 Å². The average molecular weight is 219 g/mol. The van der Waals surface area contributed by atoms with Crippen LogP contribution in [-0.2, 0) is 0 Å². The van der Waals surface area contributed by atoms with E-state index in [4.69, 9.17) is 5.73 Å². The third-order valence-corrected chi connectivity index (χ3v) is 3.09. The van der Waals surface area contributed by atoms with E-state index in [9.17, 15) is 0 Å². The standard InChI is InChI=1S/C14H23N2/c1-5-13(12-9-7-6-8-10-12)14(11-15)16(2,3)4/h5-10,13-14H,1,11,15H2,2-4H3/q+1. The Kier molecular flexibility index (Phi) is 4.27. The van der Waals surface area contributed by atoms with E-state index >= 15 is 0 Å². The van der Waals surface area contributed by atoms with E-state index in [0.29, 0.717) is 18.5 Å². The number of quaternary nitrogens is 1. The zero-order valence-corrected chi connectivity index (χ0v) is 10.6. The Bertz CT molecular complexity index is 324. The summed E-state index contributed by atoms with van der Waals surface area (Å²) in [5.41, 5.74) is 7.20. The fraction of sp³-hybridized carbons (Fsp3) is 0.429. The van der Waals surface area contributed by atoms with Gasteiger partial charge >= 0.3 is 0 Å². The second-order valence-electron chi connectivity index (χ2n) is 5.09. The predicted octanol–water partition coefficient (Wildman–Crippen LogP) is 1.99. The lowest BCUT2D eigenvalue weighted by Gasteiger charge is -2.37. The maximum absolute atomic E-state index is 5.91. The molecule has 0 spiro atoms. The predicted molar refractivity (Wildman–Crippen MR) is 70.3 cm³/mol. The maximum atomic E-state index is 5.91. The van der Waals surface area contributed by atoms with Crippen LogP contribution in [0.3, 0.4) is 0 Å². The molecule has 2 atom stereocenters. The van der Waals surface area contributed by atoms with Gasteiger partial charge in [-0.25, -0.2) is 0 Å². The quantitative estimate of drug-likeness (QED) is 0.595. The van der Waals surface area contributed by atoms with Crippen LogP contribution >= 0.6 is 0 Å². The minimum atomic E-state index is 0.311. The van der Waals surface area contributed by atoms with E-state index in [1.807, 2.05) is 12.1 Å². The highest BCUT2D eigenvalue weighted by molar-refractivity contribution is 5.24. The molecular formula is C14H23N2+. The van der Waals surface area contributed by atoms with Gasteiger partial charge in [0, 0.05) is 6.54 Å². The van der Waals surface area contributed by atoms with Gasteiger partial charge in [0.05, 0.1) is 27.1 Å². The summed E-state index contributed by atoms with van der Waals surface area (Å²) < 4.78 is 0.849. The summed E-state index contributed by atoms with van der Waals surface area (Å²) in [4.78, 5) is 0. The molecule has 1 aromatic carbocycles. The fourth-order valence-electron chi connectivity index (χ4n) is 2.14. The Balaban J connectivity index is 3.02. The van der Waals surface area contributed by atoms with Crippen LogP contribution in [0.25, 0.3) is 0 Å². The number of hydrogen-bond donors (Lipinski definition) is 1. The molecule has 1 rings (SSSR count). The lowest BCUT2D eigenvalue weighted by atomic mass is 9.90. The molecule has 0 aliphatic carbocycles. The van der Waals surface area contributed by atoms with Crippen LogP contribution in [0.4, 0.5) is 0 Å². The molecule has 0 amide bonds. The van der Waals surface area contributed by atoms with Crippen LogP contribution in [-0.4, -0.2) is 38.2 Å². The maximum Gasteiger partial charge on any atom is 0.111 e. The first-order valence-electron chi connectivity index (χ1n) is 5.69. The van der Waals surface area contributed by atoms with Crippen LogP contribution in [0.1, 0.15) is 11.5 Å². The van der Waals surface area contributed by atoms with Crippen molar-refractivity contribution in [2.75, 3.05) is 27.7 Å². The van der Waals surface area contributed by atoms with Gasteiger partial charge in [-0.3, -0.25) is 0 Å². The second-order valence-corrected chi connectivity index (χ2v) is 5.09. The van der Waals surface area contributed by atoms with Crippen molar-refractivity contribution in [1.29, 1.82) is 0 Å². The smallest absolute Gasteiger partial charge is 0.111 e. The lowest BCUT2D eigenvalue weighted by molar-refractivity contribution is -0.895. The number of likely N-dealkylation sites (N-methyl/N-ethyl adjacent to an activating group) is 1. The topological polar surface area (TPSA) is 26.0 Å². The number of rotatable bonds is 5. The summed E-state index contributed by atoms with van der Waals surface area (Å²) in [7, 11) is 6.53. The molecule has 0 radical (unpaired) electrons. The van der Waals surface area contributed by atoms with E-state index in [1.54, 1.807) is 0 Å². The van der Waals surface area contributed by atoms with Gasteiger partial charge in [-0.05, 0) is 5.56 Å². The van der Waals surface area contributed by atoms with Gasteiger partial charge in [-0.2, -0.15) is 0 Å². The molecule has 88 valence electrons. The normalized spacial score (nSPS) is 15.5. The van der Waals surface area contributed by atoms with Crippen molar-refractivity contribution < 1.29 is 4.48 Å². The molecule has 2 heteroatoms. The highest BCUT2D eigenvalue weighted by Crippen LogP contribution is 2.25. The minimum absolute atomic E-state index is 0.311. The summed E-state index contributed by atoms with van der Waals surface area (Å²) in [6, 6.07) is 10.8. The molecule has 0 aliphatic heterocycles. The number of nitrogens with two attached hydrogens (primary N) is 1. The summed E-state index contributed by atoms with van der Waals surface area (Å²) in [5.74, 6) is 0.311. The molecule has 0 fully saturated rings. The van der Waals surface area contributed by atoms with Gasteiger partial charge in [-0.15, -0.1) is 6.58 Å². The molecule has 2 nitrogen and oxygen atoms in total. The zero-order chi connectivity index (χ0) is 12.2. The van der Waals surface area contributed by atoms with Gasteiger partial charge in [0.25, 0.3) is 0 Å². The first-order chi connectivity index (χ1) is 7.50. The number of hydrogen-bond acceptors (Lipinski definition) is 1. The largest absolute Gasteiger partial charge is 0.327 e. The Labute approximate surface area is 99.0 Å². The van der Waals surface area contributed by atoms with Crippen LogP contribution in [0.5, 0.6) is 0 Å². The molecule has 2 unspecified atom stereocenters. The van der Waals surface area contributed by atoms with Crippen molar-refractivity contribution in [3.8, 4) is 0 Å². The van der Waals surface area contributed by atoms with Gasteiger partial charge in [-0.1, -0.05) is 36.4 Å². The molecule has 0 aromatic heterocycles. The fourth-order valence-corrected chi connectivity index (χ4v) is 2.14. The Hall–Kier alpha value is -1.12. The van der Waals surface area contributed by atoms with Crippen molar-refractivity contribution in [2.45, 2.75) is 12.0 Å². The van der Waals surface area contributed by atoms with E-state index in [1.165, 1.54) is 5.56 Å². The Morgan fingerprint density at radius 2 is 1.81 bits per heavy atom. The summed E-state index contributed by atoms with van der Waals surface area (Å²) in [6.07, 6.45) is 2.01. The highest BCUT2D eigenvalue weighted by atomic mass is 15.3. The van der Waals surface area contributed by atoms with Crippen molar-refractivity contribution in [3.05, 3.63) is 48.6 Å². The molecule has 0 bridgehead atoms. The van der Waals surface area contributed by atoms with Gasteiger partial charge in [0.1, 0.15) is 6.04 Å². The first kappa shape index (κ1) is 12.9. The SMILES string of the molecule is C=CC(c1ccccc1)C(CN)[N+](C)(C)C. The second kappa shape index (κ2) is 5.28. The monoisotopic (exact) mass is 219 g/mol. The summed E-state index contributed by atoms with van der Waals surface area (Å²) in [5, 5.41) is 0. The van der Waals surface area contributed by atoms with E-state index < -0.39 is 0 Å². The van der Waals surface area contributed by atoms with Gasteiger partial charge in [0.15, 0.2) is 0 Å². The van der Waals surface area contributed by atoms with Gasteiger partial charge in [0.2, 0.25) is 0 Å². The number of benzene rings is 1. The third-order valence-electron chi connectivity index (χ3n) is 3.09.